The number of aromatic nitrogens is 4. The van der Waals surface area contributed by atoms with Crippen LogP contribution in [0.3, 0.4) is 0 Å². The van der Waals surface area contributed by atoms with E-state index in [1.807, 2.05) is 47.7 Å². The fourth-order valence-corrected chi connectivity index (χ4v) is 6.74. The summed E-state index contributed by atoms with van der Waals surface area (Å²) in [6.45, 7) is 0. The van der Waals surface area contributed by atoms with E-state index in [0.717, 1.165) is 33.9 Å². The Labute approximate surface area is 234 Å². The Bertz CT molecular complexity index is 2100. The zero-order valence-electron chi connectivity index (χ0n) is 21.4. The van der Waals surface area contributed by atoms with Crippen molar-refractivity contribution in [3.8, 4) is 45.0 Å². The van der Waals surface area contributed by atoms with Crippen LogP contribution < -0.4 is 0 Å². The number of pyridine rings is 3. The van der Waals surface area contributed by atoms with Crippen molar-refractivity contribution in [2.45, 2.75) is 0 Å². The molecule has 5 aromatic heterocycles. The molecule has 0 atom stereocenters. The van der Waals surface area contributed by atoms with Gasteiger partial charge in [-0.1, -0.05) is 60.7 Å². The average molecular weight is 531 g/mol. The van der Waals surface area contributed by atoms with Crippen LogP contribution in [0.25, 0.3) is 71.0 Å². The van der Waals surface area contributed by atoms with E-state index in [1.54, 1.807) is 12.4 Å². The van der Waals surface area contributed by atoms with Gasteiger partial charge in [0.05, 0.1) is 38.5 Å². The lowest BCUT2D eigenvalue weighted by molar-refractivity contribution is 1.22. The fraction of sp³-hybridized carbons (Fsp3) is 0. The van der Waals surface area contributed by atoms with Crippen molar-refractivity contribution >= 4 is 37.3 Å². The molecule has 8 aromatic rings. The molecule has 5 heterocycles. The van der Waals surface area contributed by atoms with Crippen LogP contribution in [0.1, 0.15) is 0 Å². The van der Waals surface area contributed by atoms with E-state index in [-0.39, 0.29) is 0 Å². The molecule has 5 heteroatoms. The van der Waals surface area contributed by atoms with Gasteiger partial charge in [-0.15, -0.1) is 11.3 Å². The predicted molar refractivity (Wildman–Crippen MR) is 165 cm³/mol. The predicted octanol–water partition coefficient (Wildman–Crippen LogP) is 9.16. The van der Waals surface area contributed by atoms with Crippen molar-refractivity contribution in [3.63, 3.8) is 0 Å². The highest BCUT2D eigenvalue weighted by Gasteiger charge is 2.18. The molecular weight excluding hydrogens is 508 g/mol. The first-order valence-electron chi connectivity index (χ1n) is 13.2. The molecule has 0 aliphatic heterocycles. The topological polar surface area (TPSA) is 43.1 Å². The third-order valence-electron chi connectivity index (χ3n) is 7.31. The van der Waals surface area contributed by atoms with Crippen molar-refractivity contribution < 1.29 is 0 Å². The van der Waals surface area contributed by atoms with Gasteiger partial charge >= 0.3 is 0 Å². The first kappa shape index (κ1) is 22.8. The van der Waals surface area contributed by atoms with Gasteiger partial charge < -0.3 is 0 Å². The van der Waals surface area contributed by atoms with Gasteiger partial charge in [0.2, 0.25) is 0 Å². The molecule has 8 rings (SSSR count). The van der Waals surface area contributed by atoms with E-state index >= 15 is 0 Å². The van der Waals surface area contributed by atoms with Crippen LogP contribution in [-0.4, -0.2) is 19.4 Å². The Morgan fingerprint density at radius 3 is 1.88 bits per heavy atom. The Morgan fingerprint density at radius 1 is 0.500 bits per heavy atom. The van der Waals surface area contributed by atoms with E-state index in [9.17, 15) is 0 Å². The average Bonchev–Trinajstić information content (AvgIpc) is 3.56. The third kappa shape index (κ3) is 3.71. The molecule has 0 fully saturated rings. The Morgan fingerprint density at radius 2 is 1.15 bits per heavy atom. The van der Waals surface area contributed by atoms with Crippen LogP contribution in [0, 0.1) is 0 Å². The molecule has 0 spiro atoms. The van der Waals surface area contributed by atoms with Gasteiger partial charge in [-0.05, 0) is 77.4 Å². The number of hydrogen-bond acceptors (Lipinski definition) is 4. The van der Waals surface area contributed by atoms with E-state index in [4.69, 9.17) is 4.98 Å². The van der Waals surface area contributed by atoms with Crippen LogP contribution in [-0.2, 0) is 0 Å². The number of rotatable bonds is 4. The van der Waals surface area contributed by atoms with E-state index < -0.39 is 0 Å². The molecule has 188 valence electrons. The van der Waals surface area contributed by atoms with E-state index in [2.05, 4.69) is 99.3 Å². The summed E-state index contributed by atoms with van der Waals surface area (Å²) in [7, 11) is 0. The van der Waals surface area contributed by atoms with Crippen LogP contribution in [0.2, 0.25) is 0 Å². The monoisotopic (exact) mass is 530 g/mol. The number of thiazole rings is 1. The highest BCUT2D eigenvalue weighted by Crippen LogP contribution is 2.43. The lowest BCUT2D eigenvalue weighted by atomic mass is 9.97. The number of nitrogens with zero attached hydrogens (tertiary/aromatic N) is 4. The summed E-state index contributed by atoms with van der Waals surface area (Å²) in [5.74, 6) is 0. The van der Waals surface area contributed by atoms with Crippen LogP contribution in [0.5, 0.6) is 0 Å². The summed E-state index contributed by atoms with van der Waals surface area (Å²) in [6.07, 6.45) is 3.61. The molecule has 4 nitrogen and oxygen atoms in total. The van der Waals surface area contributed by atoms with Crippen molar-refractivity contribution in [3.05, 3.63) is 134 Å². The van der Waals surface area contributed by atoms with Gasteiger partial charge in [-0.2, -0.15) is 0 Å². The number of para-hydroxylation sites is 2. The second-order valence-corrected chi connectivity index (χ2v) is 10.8. The molecule has 3 aromatic carbocycles. The zero-order valence-corrected chi connectivity index (χ0v) is 22.2. The summed E-state index contributed by atoms with van der Waals surface area (Å²) in [5, 5.41) is 1.26. The lowest BCUT2D eigenvalue weighted by Crippen LogP contribution is -1.94. The molecular formula is C35H22N4S. The summed E-state index contributed by atoms with van der Waals surface area (Å²) in [5.41, 5.74) is 10.5. The molecule has 0 saturated heterocycles. The molecule has 0 unspecified atom stereocenters. The summed E-state index contributed by atoms with van der Waals surface area (Å²) < 4.78 is 3.69. The summed E-state index contributed by atoms with van der Waals surface area (Å²) in [4.78, 5) is 15.4. The maximum Gasteiger partial charge on any atom is 0.109 e. The third-order valence-corrected chi connectivity index (χ3v) is 8.45. The molecule has 0 aliphatic carbocycles. The number of hydrogen-bond donors (Lipinski definition) is 0. The number of benzene rings is 3. The molecule has 0 bridgehead atoms. The van der Waals surface area contributed by atoms with Gasteiger partial charge in [0.25, 0.3) is 0 Å². The van der Waals surface area contributed by atoms with Crippen LogP contribution >= 0.6 is 11.3 Å². The second-order valence-electron chi connectivity index (χ2n) is 9.74. The highest BCUT2D eigenvalue weighted by atomic mass is 32.1. The lowest BCUT2D eigenvalue weighted by Gasteiger charge is -2.10. The minimum atomic E-state index is 0.824. The van der Waals surface area contributed by atoms with Crippen molar-refractivity contribution in [1.82, 2.24) is 19.4 Å². The molecule has 0 radical (unpaired) electrons. The Kier molecular flexibility index (Phi) is 5.28. The maximum atomic E-state index is 4.95. The Balaban J connectivity index is 1.35. The van der Waals surface area contributed by atoms with Crippen LogP contribution in [0.4, 0.5) is 0 Å². The first-order valence-corrected chi connectivity index (χ1v) is 14.0. The normalized spacial score (nSPS) is 11.5. The molecule has 0 amide bonds. The van der Waals surface area contributed by atoms with Crippen LogP contribution in [0.15, 0.2) is 134 Å². The van der Waals surface area contributed by atoms with Gasteiger partial charge in [0.1, 0.15) is 4.83 Å². The molecule has 0 aliphatic rings. The highest BCUT2D eigenvalue weighted by molar-refractivity contribution is 7.24. The molecule has 0 N–H and O–H groups in total. The van der Waals surface area contributed by atoms with E-state index in [0.29, 0.717) is 0 Å². The zero-order chi connectivity index (χ0) is 26.5. The molecule has 0 saturated carbocycles. The van der Waals surface area contributed by atoms with Gasteiger partial charge in [-0.25, -0.2) is 4.98 Å². The minimum absolute atomic E-state index is 0.824. The smallest absolute Gasteiger partial charge is 0.109 e. The van der Waals surface area contributed by atoms with Gasteiger partial charge in [0, 0.05) is 23.3 Å². The summed E-state index contributed by atoms with van der Waals surface area (Å²) in [6, 6.07) is 42.3. The van der Waals surface area contributed by atoms with Crippen molar-refractivity contribution in [1.29, 1.82) is 0 Å². The molecule has 40 heavy (non-hydrogen) atoms. The maximum absolute atomic E-state index is 4.95. The minimum Gasteiger partial charge on any atom is -0.299 e. The van der Waals surface area contributed by atoms with Gasteiger partial charge in [-0.3, -0.25) is 14.4 Å². The quantitative estimate of drug-likeness (QED) is 0.228. The number of fused-ring (bicyclic) bond motifs is 5. The van der Waals surface area contributed by atoms with Gasteiger partial charge in [0.15, 0.2) is 0 Å². The second kappa shape index (κ2) is 9.26. The Hall–Kier alpha value is -5.13. The van der Waals surface area contributed by atoms with Crippen molar-refractivity contribution in [2.24, 2.45) is 0 Å². The standard InChI is InChI=1S/C35H22N4S/c1-2-15-31-26(12-1)34(35-39(31)32-16-3-4-17-33(32)40-35)24-11-9-10-23(20-24)25-21-29(27-13-5-7-18-36-27)38-30(22-25)28-14-6-8-19-37-28/h1-22H. The first-order chi connectivity index (χ1) is 19.8. The SMILES string of the molecule is c1ccc(-c2cc(-c3cccc(-c4c5ccccc5n5c4sc4ccccc45)c3)cc(-c3ccccn3)n2)nc1. The van der Waals surface area contributed by atoms with Crippen molar-refractivity contribution in [2.75, 3.05) is 0 Å². The largest absolute Gasteiger partial charge is 0.299 e. The van der Waals surface area contributed by atoms with E-state index in [1.165, 1.54) is 37.1 Å². The summed E-state index contributed by atoms with van der Waals surface area (Å²) >= 11 is 1.85. The fourth-order valence-electron chi connectivity index (χ4n) is 5.51.